The fourth-order valence-electron chi connectivity index (χ4n) is 3.68. The fourth-order valence-corrected chi connectivity index (χ4v) is 3.97. The monoisotopic (exact) mass is 430 g/mol. The highest BCUT2D eigenvalue weighted by molar-refractivity contribution is 6.42. The maximum absolute atomic E-state index is 12.2. The highest BCUT2D eigenvalue weighted by atomic mass is 35.5. The van der Waals surface area contributed by atoms with E-state index in [0.29, 0.717) is 29.7 Å². The summed E-state index contributed by atoms with van der Waals surface area (Å²) in [6, 6.07) is 5.35. The largest absolute Gasteiger partial charge is 0.490 e. The van der Waals surface area contributed by atoms with Gasteiger partial charge in [-0.05, 0) is 31.9 Å². The van der Waals surface area contributed by atoms with Gasteiger partial charge in [-0.15, -0.1) is 0 Å². The molecule has 0 saturated carbocycles. The fraction of sp³-hybridized carbons (Fsp3) is 0.650. The van der Waals surface area contributed by atoms with Gasteiger partial charge in [0.15, 0.2) is 0 Å². The minimum absolute atomic E-state index is 0.00275. The number of piperidine rings is 1. The molecule has 0 aromatic heterocycles. The van der Waals surface area contributed by atoms with Crippen LogP contribution in [0.3, 0.4) is 0 Å². The molecule has 156 valence electrons. The van der Waals surface area contributed by atoms with Crippen molar-refractivity contribution in [1.82, 2.24) is 9.80 Å². The maximum Gasteiger partial charge on any atom is 0.225 e. The Kier molecular flexibility index (Phi) is 7.83. The third-order valence-electron chi connectivity index (χ3n) is 5.15. The van der Waals surface area contributed by atoms with Gasteiger partial charge in [0.2, 0.25) is 5.91 Å². The average molecular weight is 431 g/mol. The molecule has 0 bridgehead atoms. The molecule has 2 aliphatic rings. The summed E-state index contributed by atoms with van der Waals surface area (Å²) < 4.78 is 11.9. The molecule has 3 rings (SSSR count). The van der Waals surface area contributed by atoms with Crippen molar-refractivity contribution in [3.05, 3.63) is 28.2 Å². The van der Waals surface area contributed by atoms with Crippen LogP contribution in [0.4, 0.5) is 0 Å². The van der Waals surface area contributed by atoms with E-state index in [9.17, 15) is 9.90 Å². The van der Waals surface area contributed by atoms with Gasteiger partial charge in [-0.2, -0.15) is 0 Å². The van der Waals surface area contributed by atoms with Gasteiger partial charge in [-0.25, -0.2) is 0 Å². The van der Waals surface area contributed by atoms with Gasteiger partial charge < -0.3 is 24.4 Å². The Morgan fingerprint density at radius 2 is 2.04 bits per heavy atom. The summed E-state index contributed by atoms with van der Waals surface area (Å²) in [5.41, 5.74) is 0. The maximum atomic E-state index is 12.2. The van der Waals surface area contributed by atoms with Crippen LogP contribution in [0, 0.1) is 0 Å². The van der Waals surface area contributed by atoms with Crippen LogP contribution in [0.2, 0.25) is 10.0 Å². The van der Waals surface area contributed by atoms with Crippen LogP contribution in [0.25, 0.3) is 0 Å². The topological polar surface area (TPSA) is 62.2 Å². The summed E-state index contributed by atoms with van der Waals surface area (Å²) >= 11 is 12.0. The average Bonchev–Trinajstić information content (AvgIpc) is 2.66. The number of amides is 1. The number of aliphatic hydroxyl groups excluding tert-OH is 1. The van der Waals surface area contributed by atoms with Crippen LogP contribution in [0.5, 0.6) is 5.75 Å². The molecule has 6 nitrogen and oxygen atoms in total. The zero-order valence-corrected chi connectivity index (χ0v) is 17.7. The number of hydrogen-bond acceptors (Lipinski definition) is 5. The van der Waals surface area contributed by atoms with Crippen molar-refractivity contribution in [2.24, 2.45) is 0 Å². The summed E-state index contributed by atoms with van der Waals surface area (Å²) in [7, 11) is 0. The summed E-state index contributed by atoms with van der Waals surface area (Å²) in [4.78, 5) is 16.3. The first-order valence-corrected chi connectivity index (χ1v) is 10.6. The first-order chi connectivity index (χ1) is 13.4. The molecule has 2 heterocycles. The Morgan fingerprint density at radius 1 is 1.29 bits per heavy atom. The lowest BCUT2D eigenvalue weighted by Crippen LogP contribution is -2.51. The molecule has 1 aromatic rings. The van der Waals surface area contributed by atoms with Crippen LogP contribution in [0.15, 0.2) is 18.2 Å². The Labute approximate surface area is 176 Å². The van der Waals surface area contributed by atoms with E-state index in [0.717, 1.165) is 38.2 Å². The van der Waals surface area contributed by atoms with E-state index in [1.807, 2.05) is 6.07 Å². The molecule has 2 fully saturated rings. The second-order valence-electron chi connectivity index (χ2n) is 7.58. The summed E-state index contributed by atoms with van der Waals surface area (Å²) in [5, 5.41) is 10.5. The lowest BCUT2D eigenvalue weighted by molar-refractivity contribution is -0.141. The number of likely N-dealkylation sites (tertiary alicyclic amines) is 1. The molecular formula is C20H28Cl2N2O4. The van der Waals surface area contributed by atoms with Crippen molar-refractivity contribution in [3.8, 4) is 5.75 Å². The van der Waals surface area contributed by atoms with E-state index in [-0.39, 0.29) is 24.5 Å². The van der Waals surface area contributed by atoms with E-state index < -0.39 is 6.10 Å². The second kappa shape index (κ2) is 10.1. The minimum Gasteiger partial charge on any atom is -0.490 e. The van der Waals surface area contributed by atoms with Gasteiger partial charge in [0, 0.05) is 38.8 Å². The molecule has 2 atom stereocenters. The zero-order valence-electron chi connectivity index (χ0n) is 16.2. The zero-order chi connectivity index (χ0) is 20.1. The Bertz CT molecular complexity index is 666. The molecule has 0 spiro atoms. The molecule has 1 N–H and O–H groups in total. The standard InChI is InChI=1S/C20H28Cl2N2O4/c1-14(25)10-20(26)24-8-9-27-17(13-24)12-23-6-4-15(5-7-23)28-16-2-3-18(21)19(22)11-16/h2-3,11,14-15,17,25H,4-10,12-13H2,1H3. The quantitative estimate of drug-likeness (QED) is 0.751. The van der Waals surface area contributed by atoms with Crippen LogP contribution in [0.1, 0.15) is 26.2 Å². The highest BCUT2D eigenvalue weighted by Gasteiger charge is 2.28. The molecule has 0 aliphatic carbocycles. The van der Waals surface area contributed by atoms with Crippen molar-refractivity contribution in [2.45, 2.75) is 44.5 Å². The minimum atomic E-state index is -0.608. The molecule has 2 saturated heterocycles. The van der Waals surface area contributed by atoms with Crippen LogP contribution < -0.4 is 4.74 Å². The van der Waals surface area contributed by atoms with E-state index in [2.05, 4.69) is 4.90 Å². The molecule has 2 unspecified atom stereocenters. The van der Waals surface area contributed by atoms with Gasteiger partial charge in [-0.1, -0.05) is 23.2 Å². The third kappa shape index (κ3) is 6.22. The molecule has 2 aliphatic heterocycles. The summed E-state index contributed by atoms with van der Waals surface area (Å²) in [6.45, 7) is 6.03. The van der Waals surface area contributed by atoms with Crippen molar-refractivity contribution in [1.29, 1.82) is 0 Å². The number of morpholine rings is 1. The van der Waals surface area contributed by atoms with Crippen molar-refractivity contribution < 1.29 is 19.4 Å². The number of nitrogens with zero attached hydrogens (tertiary/aromatic N) is 2. The Morgan fingerprint density at radius 3 is 2.71 bits per heavy atom. The number of rotatable bonds is 6. The number of carbonyl (C=O) groups excluding carboxylic acids is 1. The van der Waals surface area contributed by atoms with Crippen LogP contribution in [-0.2, 0) is 9.53 Å². The molecule has 0 radical (unpaired) electrons. The summed E-state index contributed by atoms with van der Waals surface area (Å²) in [5.74, 6) is 0.743. The highest BCUT2D eigenvalue weighted by Crippen LogP contribution is 2.28. The first kappa shape index (κ1) is 21.7. The number of halogens is 2. The lowest BCUT2D eigenvalue weighted by Gasteiger charge is -2.38. The number of hydrogen-bond donors (Lipinski definition) is 1. The molecule has 1 amide bonds. The van der Waals surface area contributed by atoms with Gasteiger partial charge in [-0.3, -0.25) is 4.79 Å². The molecular weight excluding hydrogens is 403 g/mol. The van der Waals surface area contributed by atoms with Crippen molar-refractivity contribution in [3.63, 3.8) is 0 Å². The first-order valence-electron chi connectivity index (χ1n) is 9.82. The third-order valence-corrected chi connectivity index (χ3v) is 5.89. The van der Waals surface area contributed by atoms with Crippen LogP contribution >= 0.6 is 23.2 Å². The SMILES string of the molecule is CC(O)CC(=O)N1CCOC(CN2CCC(Oc3ccc(Cl)c(Cl)c3)CC2)C1. The number of benzene rings is 1. The molecule has 8 heteroatoms. The molecule has 1 aromatic carbocycles. The second-order valence-corrected chi connectivity index (χ2v) is 8.39. The van der Waals surface area contributed by atoms with Gasteiger partial charge >= 0.3 is 0 Å². The predicted molar refractivity (Wildman–Crippen MR) is 109 cm³/mol. The van der Waals surface area contributed by atoms with E-state index >= 15 is 0 Å². The lowest BCUT2D eigenvalue weighted by atomic mass is 10.1. The number of aliphatic hydroxyl groups is 1. The van der Waals surface area contributed by atoms with E-state index in [4.69, 9.17) is 32.7 Å². The number of carbonyl (C=O) groups is 1. The Balaban J connectivity index is 1.42. The normalized spacial score (nSPS) is 22.9. The Hall–Kier alpha value is -1.05. The van der Waals surface area contributed by atoms with Crippen molar-refractivity contribution >= 4 is 29.1 Å². The van der Waals surface area contributed by atoms with Gasteiger partial charge in [0.05, 0.1) is 35.3 Å². The van der Waals surface area contributed by atoms with E-state index in [1.54, 1.807) is 24.0 Å². The molecule has 28 heavy (non-hydrogen) atoms. The summed E-state index contributed by atoms with van der Waals surface area (Å²) in [6.07, 6.45) is 1.59. The van der Waals surface area contributed by atoms with E-state index in [1.165, 1.54) is 0 Å². The van der Waals surface area contributed by atoms with Crippen LogP contribution in [-0.4, -0.2) is 78.5 Å². The smallest absolute Gasteiger partial charge is 0.225 e. The van der Waals surface area contributed by atoms with Crippen molar-refractivity contribution in [2.75, 3.05) is 39.3 Å². The predicted octanol–water partition coefficient (Wildman–Crippen LogP) is 2.83. The van der Waals surface area contributed by atoms with Gasteiger partial charge in [0.25, 0.3) is 0 Å². The van der Waals surface area contributed by atoms with Gasteiger partial charge in [0.1, 0.15) is 11.9 Å². The number of ether oxygens (including phenoxy) is 2.